The van der Waals surface area contributed by atoms with Gasteiger partial charge in [0.1, 0.15) is 11.5 Å². The number of aryl methyl sites for hydroxylation is 2. The molecule has 0 aliphatic heterocycles. The van der Waals surface area contributed by atoms with Crippen molar-refractivity contribution < 1.29 is 14.3 Å². The number of amides is 1. The van der Waals surface area contributed by atoms with E-state index in [1.165, 1.54) is 11.8 Å². The second kappa shape index (κ2) is 9.67. The van der Waals surface area contributed by atoms with E-state index in [1.807, 2.05) is 74.9 Å². The zero-order valence-electron chi connectivity index (χ0n) is 17.8. The molecule has 0 aliphatic carbocycles. The van der Waals surface area contributed by atoms with Crippen LogP contribution < -0.4 is 14.8 Å². The SMILES string of the molecule is COc1cccc(OC(C)c2nnc(SCC(=O)Nc3cc(C)ccc3C)n2C)c1. The largest absolute Gasteiger partial charge is 0.497 e. The molecule has 2 aromatic carbocycles. The Morgan fingerprint density at radius 2 is 1.93 bits per heavy atom. The van der Waals surface area contributed by atoms with Crippen LogP contribution in [0.25, 0.3) is 0 Å². The molecular formula is C22H26N4O3S. The lowest BCUT2D eigenvalue weighted by Crippen LogP contribution is -2.15. The maximum atomic E-state index is 12.4. The van der Waals surface area contributed by atoms with Crippen molar-refractivity contribution in [3.8, 4) is 11.5 Å². The van der Waals surface area contributed by atoms with Gasteiger partial charge in [-0.05, 0) is 50.1 Å². The van der Waals surface area contributed by atoms with Crippen LogP contribution >= 0.6 is 11.8 Å². The van der Waals surface area contributed by atoms with Gasteiger partial charge in [-0.2, -0.15) is 0 Å². The Balaban J connectivity index is 1.60. The minimum absolute atomic E-state index is 0.0843. The summed E-state index contributed by atoms with van der Waals surface area (Å²) < 4.78 is 13.0. The predicted octanol–water partition coefficient (Wildman–Crippen LogP) is 4.31. The number of nitrogens with zero attached hydrogens (tertiary/aromatic N) is 3. The molecule has 7 nitrogen and oxygen atoms in total. The molecule has 1 unspecified atom stereocenters. The van der Waals surface area contributed by atoms with Gasteiger partial charge in [0.25, 0.3) is 0 Å². The minimum atomic E-state index is -0.312. The van der Waals surface area contributed by atoms with Gasteiger partial charge in [-0.1, -0.05) is 30.0 Å². The lowest BCUT2D eigenvalue weighted by Gasteiger charge is -2.15. The molecule has 8 heteroatoms. The standard InChI is InChI=1S/C22H26N4O3S/c1-14-9-10-15(2)19(11-14)23-20(27)13-30-22-25-24-21(26(22)4)16(3)29-18-8-6-7-17(12-18)28-5/h6-12,16H,13H2,1-5H3,(H,23,27). The van der Waals surface area contributed by atoms with Gasteiger partial charge in [-0.25, -0.2) is 0 Å². The van der Waals surface area contributed by atoms with E-state index in [4.69, 9.17) is 9.47 Å². The molecule has 0 saturated heterocycles. The molecule has 0 aliphatic rings. The summed E-state index contributed by atoms with van der Waals surface area (Å²) in [6.07, 6.45) is -0.312. The van der Waals surface area contributed by atoms with Gasteiger partial charge in [-0.15, -0.1) is 10.2 Å². The van der Waals surface area contributed by atoms with E-state index in [0.29, 0.717) is 16.7 Å². The lowest BCUT2D eigenvalue weighted by molar-refractivity contribution is -0.113. The number of benzene rings is 2. The highest BCUT2D eigenvalue weighted by atomic mass is 32.2. The van der Waals surface area contributed by atoms with Gasteiger partial charge < -0.3 is 19.4 Å². The van der Waals surface area contributed by atoms with Crippen LogP contribution in [0.5, 0.6) is 11.5 Å². The number of carbonyl (C=O) groups excluding carboxylic acids is 1. The normalized spacial score (nSPS) is 11.8. The summed E-state index contributed by atoms with van der Waals surface area (Å²) in [7, 11) is 3.48. The monoisotopic (exact) mass is 426 g/mol. The van der Waals surface area contributed by atoms with Gasteiger partial charge in [0.05, 0.1) is 12.9 Å². The number of hydrogen-bond donors (Lipinski definition) is 1. The summed E-state index contributed by atoms with van der Waals surface area (Å²) in [4.78, 5) is 12.4. The first-order valence-electron chi connectivity index (χ1n) is 9.57. The number of ether oxygens (including phenoxy) is 2. The molecule has 0 spiro atoms. The fourth-order valence-corrected chi connectivity index (χ4v) is 3.64. The number of anilines is 1. The molecule has 1 amide bonds. The molecule has 158 valence electrons. The van der Waals surface area contributed by atoms with Gasteiger partial charge in [0.2, 0.25) is 5.91 Å². The lowest BCUT2D eigenvalue weighted by atomic mass is 10.1. The van der Waals surface area contributed by atoms with Crippen molar-refractivity contribution in [2.45, 2.75) is 32.0 Å². The average molecular weight is 427 g/mol. The fourth-order valence-electron chi connectivity index (χ4n) is 2.92. The Labute approximate surface area is 180 Å². The maximum Gasteiger partial charge on any atom is 0.234 e. The molecule has 3 rings (SSSR count). The topological polar surface area (TPSA) is 78.3 Å². The summed E-state index contributed by atoms with van der Waals surface area (Å²) in [6, 6.07) is 13.4. The summed E-state index contributed by atoms with van der Waals surface area (Å²) in [6.45, 7) is 5.88. The summed E-state index contributed by atoms with van der Waals surface area (Å²) >= 11 is 1.34. The number of aromatic nitrogens is 3. The highest BCUT2D eigenvalue weighted by Gasteiger charge is 2.18. The third kappa shape index (κ3) is 5.33. The number of rotatable bonds is 8. The molecule has 1 atom stereocenters. The highest BCUT2D eigenvalue weighted by molar-refractivity contribution is 7.99. The van der Waals surface area contributed by atoms with Crippen LogP contribution in [-0.2, 0) is 11.8 Å². The summed E-state index contributed by atoms with van der Waals surface area (Å²) in [5.74, 6) is 2.25. The van der Waals surface area contributed by atoms with Gasteiger partial charge in [0.15, 0.2) is 17.1 Å². The van der Waals surface area contributed by atoms with Gasteiger partial charge in [0, 0.05) is 18.8 Å². The van der Waals surface area contributed by atoms with E-state index >= 15 is 0 Å². The third-order valence-electron chi connectivity index (χ3n) is 4.59. The quantitative estimate of drug-likeness (QED) is 0.541. The Bertz CT molecular complexity index is 1030. The van der Waals surface area contributed by atoms with Crippen molar-refractivity contribution in [2.24, 2.45) is 7.05 Å². The molecule has 1 heterocycles. The second-order valence-corrected chi connectivity index (χ2v) is 7.94. The molecule has 30 heavy (non-hydrogen) atoms. The van der Waals surface area contributed by atoms with Crippen LogP contribution in [-0.4, -0.2) is 33.5 Å². The fraction of sp³-hybridized carbons (Fsp3) is 0.318. The molecule has 1 aromatic heterocycles. The van der Waals surface area contributed by atoms with Crippen LogP contribution in [0, 0.1) is 13.8 Å². The number of nitrogens with one attached hydrogen (secondary N) is 1. The molecule has 0 fully saturated rings. The number of carbonyl (C=O) groups is 1. The Morgan fingerprint density at radius 3 is 2.70 bits per heavy atom. The molecular weight excluding hydrogens is 400 g/mol. The van der Waals surface area contributed by atoms with E-state index in [9.17, 15) is 4.79 Å². The smallest absolute Gasteiger partial charge is 0.234 e. The number of methoxy groups -OCH3 is 1. The molecule has 3 aromatic rings. The summed E-state index contributed by atoms with van der Waals surface area (Å²) in [5.41, 5.74) is 2.97. The molecule has 0 bridgehead atoms. The Hall–Kier alpha value is -3.00. The van der Waals surface area contributed by atoms with Crippen LogP contribution in [0.2, 0.25) is 0 Å². The van der Waals surface area contributed by atoms with Crippen molar-refractivity contribution in [1.82, 2.24) is 14.8 Å². The van der Waals surface area contributed by atoms with Gasteiger partial charge >= 0.3 is 0 Å². The van der Waals surface area contributed by atoms with Crippen LogP contribution in [0.4, 0.5) is 5.69 Å². The Morgan fingerprint density at radius 1 is 1.17 bits per heavy atom. The van der Waals surface area contributed by atoms with Crippen LogP contribution in [0.3, 0.4) is 0 Å². The third-order valence-corrected chi connectivity index (χ3v) is 5.61. The highest BCUT2D eigenvalue weighted by Crippen LogP contribution is 2.26. The Kier molecular flexibility index (Phi) is 6.99. The maximum absolute atomic E-state index is 12.4. The average Bonchev–Trinajstić information content (AvgIpc) is 3.10. The van der Waals surface area contributed by atoms with Gasteiger partial charge in [-0.3, -0.25) is 4.79 Å². The van der Waals surface area contributed by atoms with Crippen molar-refractivity contribution >= 4 is 23.4 Å². The van der Waals surface area contributed by atoms with E-state index in [2.05, 4.69) is 15.5 Å². The first kappa shape index (κ1) is 21.7. The molecule has 1 N–H and O–H groups in total. The van der Waals surface area contributed by atoms with Crippen molar-refractivity contribution in [3.05, 3.63) is 59.4 Å². The number of hydrogen-bond acceptors (Lipinski definition) is 6. The first-order valence-corrected chi connectivity index (χ1v) is 10.6. The van der Waals surface area contributed by atoms with Crippen molar-refractivity contribution in [1.29, 1.82) is 0 Å². The minimum Gasteiger partial charge on any atom is -0.497 e. The zero-order chi connectivity index (χ0) is 21.7. The predicted molar refractivity (Wildman–Crippen MR) is 118 cm³/mol. The van der Waals surface area contributed by atoms with Crippen LogP contribution in [0.15, 0.2) is 47.6 Å². The van der Waals surface area contributed by atoms with E-state index < -0.39 is 0 Å². The van der Waals surface area contributed by atoms with E-state index in [-0.39, 0.29) is 17.8 Å². The van der Waals surface area contributed by atoms with Crippen molar-refractivity contribution in [2.75, 3.05) is 18.2 Å². The molecule has 0 radical (unpaired) electrons. The van der Waals surface area contributed by atoms with Crippen molar-refractivity contribution in [3.63, 3.8) is 0 Å². The van der Waals surface area contributed by atoms with E-state index in [1.54, 1.807) is 7.11 Å². The zero-order valence-corrected chi connectivity index (χ0v) is 18.6. The summed E-state index contributed by atoms with van der Waals surface area (Å²) in [5, 5.41) is 12.1. The second-order valence-electron chi connectivity index (χ2n) is 6.99. The molecule has 0 saturated carbocycles. The first-order chi connectivity index (χ1) is 14.4. The van der Waals surface area contributed by atoms with E-state index in [0.717, 1.165) is 22.6 Å². The number of thioether (sulfide) groups is 1. The van der Waals surface area contributed by atoms with Crippen LogP contribution in [0.1, 0.15) is 30.0 Å².